The van der Waals surface area contributed by atoms with Crippen molar-refractivity contribution in [1.82, 2.24) is 19.8 Å². The van der Waals surface area contributed by atoms with Gasteiger partial charge in [0.2, 0.25) is 5.95 Å². The van der Waals surface area contributed by atoms with Crippen LogP contribution in [-0.2, 0) is 11.2 Å². The van der Waals surface area contributed by atoms with Crippen LogP contribution in [0.1, 0.15) is 52.0 Å². The summed E-state index contributed by atoms with van der Waals surface area (Å²) in [4.78, 5) is 41.0. The maximum Gasteiger partial charge on any atom is 0.327 e. The van der Waals surface area contributed by atoms with Gasteiger partial charge in [0, 0.05) is 38.6 Å². The number of nitrogens with zero attached hydrogens (tertiary/aromatic N) is 5. The fourth-order valence-corrected chi connectivity index (χ4v) is 4.37. The van der Waals surface area contributed by atoms with Crippen LogP contribution in [0.15, 0.2) is 12.4 Å². The van der Waals surface area contributed by atoms with Gasteiger partial charge in [-0.1, -0.05) is 20.8 Å². The van der Waals surface area contributed by atoms with Gasteiger partial charge in [0.25, 0.3) is 5.91 Å². The molecule has 2 saturated heterocycles. The van der Waals surface area contributed by atoms with Crippen LogP contribution < -0.4 is 4.90 Å². The molecule has 0 unspecified atom stereocenters. The zero-order valence-corrected chi connectivity index (χ0v) is 17.2. The van der Waals surface area contributed by atoms with Crippen LogP contribution in [0, 0.1) is 11.8 Å². The summed E-state index contributed by atoms with van der Waals surface area (Å²) in [6, 6.07) is -0.0809. The molecule has 1 aliphatic carbocycles. The zero-order valence-electron chi connectivity index (χ0n) is 17.2. The van der Waals surface area contributed by atoms with Gasteiger partial charge in [0.05, 0.1) is 0 Å². The predicted molar refractivity (Wildman–Crippen MR) is 107 cm³/mol. The van der Waals surface area contributed by atoms with Gasteiger partial charge in [-0.3, -0.25) is 9.69 Å². The van der Waals surface area contributed by atoms with Crippen molar-refractivity contribution in [1.29, 1.82) is 0 Å². The molecule has 0 bridgehead atoms. The lowest BCUT2D eigenvalue weighted by Crippen LogP contribution is -2.57. The Morgan fingerprint density at radius 2 is 1.79 bits per heavy atom. The summed E-state index contributed by atoms with van der Waals surface area (Å²) < 4.78 is 0. The fraction of sp³-hybridized carbons (Fsp3) is 0.714. The third-order valence-corrected chi connectivity index (χ3v) is 6.28. The molecule has 7 heteroatoms. The second-order valence-electron chi connectivity index (χ2n) is 8.91. The molecule has 2 aliphatic heterocycles. The average Bonchev–Trinajstić information content (AvgIpc) is 3.51. The highest BCUT2D eigenvalue weighted by Gasteiger charge is 2.58. The van der Waals surface area contributed by atoms with Crippen LogP contribution in [0.25, 0.3) is 0 Å². The van der Waals surface area contributed by atoms with E-state index in [4.69, 9.17) is 0 Å². The van der Waals surface area contributed by atoms with Crippen LogP contribution in [-0.4, -0.2) is 63.4 Å². The van der Waals surface area contributed by atoms with Crippen molar-refractivity contribution >= 4 is 17.9 Å². The maximum atomic E-state index is 13.4. The third kappa shape index (κ3) is 3.35. The molecule has 0 atom stereocenters. The largest absolute Gasteiger partial charge is 0.341 e. The van der Waals surface area contributed by atoms with Crippen molar-refractivity contribution < 1.29 is 9.59 Å². The molecule has 1 saturated carbocycles. The number of aromatic nitrogens is 2. The van der Waals surface area contributed by atoms with Gasteiger partial charge >= 0.3 is 6.03 Å². The molecule has 1 spiro atoms. The topological polar surface area (TPSA) is 69.6 Å². The average molecular weight is 386 g/mol. The summed E-state index contributed by atoms with van der Waals surface area (Å²) >= 11 is 0. The van der Waals surface area contributed by atoms with E-state index in [9.17, 15) is 9.59 Å². The number of hydrogen-bond acceptors (Lipinski definition) is 5. The van der Waals surface area contributed by atoms with Crippen molar-refractivity contribution in [2.75, 3.05) is 31.1 Å². The third-order valence-electron chi connectivity index (χ3n) is 6.28. The Kier molecular flexibility index (Phi) is 5.02. The summed E-state index contributed by atoms with van der Waals surface area (Å²) in [6.45, 7) is 8.91. The number of imide groups is 1. The zero-order chi connectivity index (χ0) is 19.9. The van der Waals surface area contributed by atoms with Gasteiger partial charge in [-0.05, 0) is 49.5 Å². The van der Waals surface area contributed by atoms with E-state index in [1.807, 2.05) is 17.3 Å². The molecular weight excluding hydrogens is 354 g/mol. The van der Waals surface area contributed by atoms with Crippen LogP contribution in [0.3, 0.4) is 0 Å². The Balaban J connectivity index is 1.52. The summed E-state index contributed by atoms with van der Waals surface area (Å²) in [5.41, 5.74) is 0.434. The van der Waals surface area contributed by atoms with Crippen molar-refractivity contribution in [3.05, 3.63) is 18.0 Å². The quantitative estimate of drug-likeness (QED) is 0.704. The van der Waals surface area contributed by atoms with E-state index in [1.54, 1.807) is 4.90 Å². The number of aryl methyl sites for hydroxylation is 1. The Bertz CT molecular complexity index is 736. The summed E-state index contributed by atoms with van der Waals surface area (Å²) in [5.74, 6) is 1.58. The number of piperidine rings is 1. The molecule has 3 heterocycles. The minimum atomic E-state index is -0.684. The van der Waals surface area contributed by atoms with E-state index in [0.29, 0.717) is 56.8 Å². The number of amides is 3. The number of hydrogen-bond donors (Lipinski definition) is 0. The van der Waals surface area contributed by atoms with Gasteiger partial charge in [0.1, 0.15) is 5.54 Å². The molecule has 0 aromatic carbocycles. The minimum absolute atomic E-state index is 0.0203. The molecule has 4 rings (SSSR count). The number of urea groups is 1. The van der Waals surface area contributed by atoms with E-state index in [2.05, 4.69) is 35.6 Å². The van der Waals surface area contributed by atoms with Gasteiger partial charge in [0.15, 0.2) is 0 Å². The first-order valence-electron chi connectivity index (χ1n) is 10.6. The number of carbonyl (C=O) groups is 2. The first kappa shape index (κ1) is 19.2. The van der Waals surface area contributed by atoms with E-state index in [1.165, 1.54) is 0 Å². The molecule has 1 aromatic heterocycles. The standard InChI is InChI=1S/C21H31N5O2/c1-4-16-11-22-19(23-12-16)24-9-7-21(8-10-24)18(27)25(14-17-5-6-17)20(28)26(21)13-15(2)3/h11-12,15,17H,4-10,13-14H2,1-3H3. The number of rotatable bonds is 6. The molecule has 28 heavy (non-hydrogen) atoms. The smallest absolute Gasteiger partial charge is 0.327 e. The number of carbonyl (C=O) groups excluding carboxylic acids is 2. The van der Waals surface area contributed by atoms with Gasteiger partial charge in [-0.25, -0.2) is 14.8 Å². The van der Waals surface area contributed by atoms with Crippen LogP contribution >= 0.6 is 0 Å². The van der Waals surface area contributed by atoms with Crippen LogP contribution in [0.4, 0.5) is 10.7 Å². The first-order chi connectivity index (χ1) is 13.4. The molecule has 152 valence electrons. The van der Waals surface area contributed by atoms with Crippen molar-refractivity contribution in [2.45, 2.75) is 58.4 Å². The molecule has 7 nitrogen and oxygen atoms in total. The van der Waals surface area contributed by atoms with Crippen molar-refractivity contribution in [2.24, 2.45) is 11.8 Å². The van der Waals surface area contributed by atoms with Crippen LogP contribution in [0.2, 0.25) is 0 Å². The maximum absolute atomic E-state index is 13.4. The molecule has 0 N–H and O–H groups in total. The Morgan fingerprint density at radius 3 is 2.32 bits per heavy atom. The summed E-state index contributed by atoms with van der Waals surface area (Å²) in [6.07, 6.45) is 8.22. The highest BCUT2D eigenvalue weighted by molar-refractivity contribution is 6.07. The SMILES string of the molecule is CCc1cnc(N2CCC3(CC2)C(=O)N(CC2CC2)C(=O)N3CC(C)C)nc1. The van der Waals surface area contributed by atoms with Gasteiger partial charge < -0.3 is 9.80 Å². The van der Waals surface area contributed by atoms with E-state index in [-0.39, 0.29) is 11.9 Å². The highest BCUT2D eigenvalue weighted by atomic mass is 16.2. The van der Waals surface area contributed by atoms with Crippen LogP contribution in [0.5, 0.6) is 0 Å². The fourth-order valence-electron chi connectivity index (χ4n) is 4.37. The molecule has 3 amide bonds. The molecule has 1 aromatic rings. The first-order valence-corrected chi connectivity index (χ1v) is 10.6. The molecule has 0 radical (unpaired) electrons. The van der Waals surface area contributed by atoms with Gasteiger partial charge in [-0.2, -0.15) is 0 Å². The lowest BCUT2D eigenvalue weighted by atomic mass is 9.85. The van der Waals surface area contributed by atoms with Gasteiger partial charge in [-0.15, -0.1) is 0 Å². The lowest BCUT2D eigenvalue weighted by Gasteiger charge is -2.42. The normalized spacial score (nSPS) is 22.1. The minimum Gasteiger partial charge on any atom is -0.341 e. The number of anilines is 1. The molecule has 3 fully saturated rings. The Morgan fingerprint density at radius 1 is 1.14 bits per heavy atom. The van der Waals surface area contributed by atoms with E-state index in [0.717, 1.165) is 24.8 Å². The Labute approximate surface area is 167 Å². The summed E-state index contributed by atoms with van der Waals surface area (Å²) in [5, 5.41) is 0. The second kappa shape index (κ2) is 7.33. The highest BCUT2D eigenvalue weighted by Crippen LogP contribution is 2.40. The van der Waals surface area contributed by atoms with E-state index < -0.39 is 5.54 Å². The predicted octanol–water partition coefficient (Wildman–Crippen LogP) is 2.71. The Hall–Kier alpha value is -2.18. The monoisotopic (exact) mass is 385 g/mol. The summed E-state index contributed by atoms with van der Waals surface area (Å²) in [7, 11) is 0. The van der Waals surface area contributed by atoms with E-state index >= 15 is 0 Å². The van der Waals surface area contributed by atoms with Crippen molar-refractivity contribution in [3.8, 4) is 0 Å². The molecular formula is C21H31N5O2. The molecule has 3 aliphatic rings. The second-order valence-corrected chi connectivity index (χ2v) is 8.91. The van der Waals surface area contributed by atoms with Crippen molar-refractivity contribution in [3.63, 3.8) is 0 Å². The lowest BCUT2D eigenvalue weighted by molar-refractivity contribution is -0.134.